The second kappa shape index (κ2) is 9.76. The maximum Gasteiger partial charge on any atom is 0.222 e. The average Bonchev–Trinajstić information content (AvgIpc) is 3.29. The largest absolute Gasteiger partial charge is 0.354 e. The highest BCUT2D eigenvalue weighted by Crippen LogP contribution is 2.38. The lowest BCUT2D eigenvalue weighted by Crippen LogP contribution is -2.44. The third kappa shape index (κ3) is 5.08. The first kappa shape index (κ1) is 21.1. The Labute approximate surface area is 173 Å². The maximum atomic E-state index is 11.9. The Bertz CT molecular complexity index is 761. The van der Waals surface area contributed by atoms with Crippen molar-refractivity contribution in [1.29, 1.82) is 0 Å². The van der Waals surface area contributed by atoms with E-state index in [1.165, 1.54) is 11.3 Å². The molecule has 0 spiro atoms. The van der Waals surface area contributed by atoms with Gasteiger partial charge in [0.1, 0.15) is 0 Å². The van der Waals surface area contributed by atoms with E-state index in [0.29, 0.717) is 25.4 Å². The fraction of sp³-hybridized carbons (Fsp3) is 0.591. The van der Waals surface area contributed by atoms with Crippen molar-refractivity contribution < 1.29 is 9.59 Å². The normalized spacial score (nSPS) is 19.1. The molecule has 7 heteroatoms. The van der Waals surface area contributed by atoms with E-state index in [0.717, 1.165) is 38.4 Å². The van der Waals surface area contributed by atoms with Crippen molar-refractivity contribution in [3.63, 3.8) is 0 Å². The zero-order valence-electron chi connectivity index (χ0n) is 17.8. The summed E-state index contributed by atoms with van der Waals surface area (Å²) in [6.07, 6.45) is 2.63. The molecule has 158 valence electrons. The Morgan fingerprint density at radius 1 is 1.24 bits per heavy atom. The lowest BCUT2D eigenvalue weighted by atomic mass is 9.98. The van der Waals surface area contributed by atoms with Crippen LogP contribution in [-0.2, 0) is 9.59 Å². The Balaban J connectivity index is 1.59. The summed E-state index contributed by atoms with van der Waals surface area (Å²) >= 11 is 0. The number of fused-ring (bicyclic) bond motifs is 1. The van der Waals surface area contributed by atoms with Gasteiger partial charge in [-0.25, -0.2) is 0 Å². The van der Waals surface area contributed by atoms with Crippen LogP contribution in [0.4, 0.5) is 5.69 Å². The van der Waals surface area contributed by atoms with Crippen LogP contribution in [0.2, 0.25) is 0 Å². The molecule has 2 aliphatic rings. The molecule has 2 N–H and O–H groups in total. The molecular weight excluding hydrogens is 366 g/mol. The zero-order valence-corrected chi connectivity index (χ0v) is 17.8. The third-order valence-electron chi connectivity index (χ3n) is 5.69. The number of benzene rings is 1. The molecule has 0 aromatic heterocycles. The standard InChI is InChI=1S/C22H33N5O2/c1-16(2)21(29)24-11-12-25-22(23-3)27-15-17(18-7-4-5-8-19(18)27)10-14-26-13-6-9-20(26)28/h4-5,7-8,16-17H,6,9-15H2,1-3H3,(H,23,25)(H,24,29). The predicted molar refractivity (Wildman–Crippen MR) is 116 cm³/mol. The minimum Gasteiger partial charge on any atom is -0.354 e. The van der Waals surface area contributed by atoms with Gasteiger partial charge in [0.25, 0.3) is 0 Å². The fourth-order valence-corrected chi connectivity index (χ4v) is 4.05. The number of hydrogen-bond acceptors (Lipinski definition) is 3. The zero-order chi connectivity index (χ0) is 20.8. The predicted octanol–water partition coefficient (Wildman–Crippen LogP) is 1.95. The van der Waals surface area contributed by atoms with Gasteiger partial charge in [0.05, 0.1) is 0 Å². The lowest BCUT2D eigenvalue weighted by Gasteiger charge is -2.23. The van der Waals surface area contributed by atoms with Crippen LogP contribution in [0.3, 0.4) is 0 Å². The Hall–Kier alpha value is -2.57. The molecule has 2 aliphatic heterocycles. The second-order valence-corrected chi connectivity index (χ2v) is 8.06. The highest BCUT2D eigenvalue weighted by Gasteiger charge is 2.32. The summed E-state index contributed by atoms with van der Waals surface area (Å²) in [5.41, 5.74) is 2.49. The van der Waals surface area contributed by atoms with Crippen molar-refractivity contribution in [2.75, 3.05) is 44.7 Å². The van der Waals surface area contributed by atoms with Gasteiger partial charge in [-0.1, -0.05) is 32.0 Å². The average molecular weight is 400 g/mol. The van der Waals surface area contributed by atoms with Gasteiger partial charge < -0.3 is 20.4 Å². The quantitative estimate of drug-likeness (QED) is 0.417. The summed E-state index contributed by atoms with van der Waals surface area (Å²) in [5, 5.41) is 6.29. The van der Waals surface area contributed by atoms with E-state index in [1.807, 2.05) is 24.8 Å². The number of rotatable bonds is 7. The van der Waals surface area contributed by atoms with Crippen LogP contribution in [0.25, 0.3) is 0 Å². The number of amides is 2. The Kier molecular flexibility index (Phi) is 7.12. The summed E-state index contributed by atoms with van der Waals surface area (Å²) < 4.78 is 0. The first-order valence-electron chi connectivity index (χ1n) is 10.6. The molecule has 0 bridgehead atoms. The van der Waals surface area contributed by atoms with Crippen molar-refractivity contribution in [2.24, 2.45) is 10.9 Å². The van der Waals surface area contributed by atoms with Crippen molar-refractivity contribution in [3.8, 4) is 0 Å². The van der Waals surface area contributed by atoms with E-state index >= 15 is 0 Å². The fourth-order valence-electron chi connectivity index (χ4n) is 4.05. The summed E-state index contributed by atoms with van der Waals surface area (Å²) in [7, 11) is 1.79. The molecule has 7 nitrogen and oxygen atoms in total. The van der Waals surface area contributed by atoms with Crippen LogP contribution in [0.15, 0.2) is 29.3 Å². The first-order chi connectivity index (χ1) is 14.0. The SMILES string of the molecule is CN=C(NCCNC(=O)C(C)C)N1CC(CCN2CCCC2=O)c2ccccc21. The summed E-state index contributed by atoms with van der Waals surface area (Å²) in [5.74, 6) is 1.52. The molecule has 0 radical (unpaired) electrons. The molecule has 0 saturated carbocycles. The number of hydrogen-bond donors (Lipinski definition) is 2. The van der Waals surface area contributed by atoms with Crippen molar-refractivity contribution in [3.05, 3.63) is 29.8 Å². The lowest BCUT2D eigenvalue weighted by molar-refractivity contribution is -0.127. The molecule has 29 heavy (non-hydrogen) atoms. The van der Waals surface area contributed by atoms with Crippen molar-refractivity contribution >= 4 is 23.5 Å². The van der Waals surface area contributed by atoms with E-state index < -0.39 is 0 Å². The molecule has 1 fully saturated rings. The summed E-state index contributed by atoms with van der Waals surface area (Å²) in [4.78, 5) is 32.3. The van der Waals surface area contributed by atoms with Crippen LogP contribution >= 0.6 is 0 Å². The molecule has 1 saturated heterocycles. The second-order valence-electron chi connectivity index (χ2n) is 8.06. The maximum absolute atomic E-state index is 11.9. The molecule has 1 unspecified atom stereocenters. The first-order valence-corrected chi connectivity index (χ1v) is 10.6. The minimum atomic E-state index is -0.0111. The number of aliphatic imine (C=N–C) groups is 1. The number of carbonyl (C=O) groups is 2. The van der Waals surface area contributed by atoms with Gasteiger partial charge in [-0.05, 0) is 24.5 Å². The number of anilines is 1. The van der Waals surface area contributed by atoms with Gasteiger partial charge in [0.15, 0.2) is 5.96 Å². The van der Waals surface area contributed by atoms with Gasteiger partial charge >= 0.3 is 0 Å². The monoisotopic (exact) mass is 399 g/mol. The van der Waals surface area contributed by atoms with Crippen LogP contribution in [0, 0.1) is 5.92 Å². The van der Waals surface area contributed by atoms with E-state index in [1.54, 1.807) is 7.05 Å². The van der Waals surface area contributed by atoms with E-state index in [2.05, 4.69) is 38.7 Å². The molecule has 1 aromatic carbocycles. The molecule has 0 aliphatic carbocycles. The van der Waals surface area contributed by atoms with Gasteiger partial charge in [-0.3, -0.25) is 14.6 Å². The number of nitrogens with one attached hydrogen (secondary N) is 2. The van der Waals surface area contributed by atoms with Crippen LogP contribution < -0.4 is 15.5 Å². The molecule has 2 heterocycles. The smallest absolute Gasteiger partial charge is 0.222 e. The van der Waals surface area contributed by atoms with Gasteiger partial charge in [0.2, 0.25) is 11.8 Å². The van der Waals surface area contributed by atoms with E-state index in [9.17, 15) is 9.59 Å². The number of likely N-dealkylation sites (tertiary alicyclic amines) is 1. The van der Waals surface area contributed by atoms with E-state index in [4.69, 9.17) is 0 Å². The number of nitrogens with zero attached hydrogens (tertiary/aromatic N) is 3. The van der Waals surface area contributed by atoms with E-state index in [-0.39, 0.29) is 17.7 Å². The highest BCUT2D eigenvalue weighted by atomic mass is 16.2. The van der Waals surface area contributed by atoms with Crippen LogP contribution in [0.5, 0.6) is 0 Å². The Morgan fingerprint density at radius 2 is 2.00 bits per heavy atom. The summed E-state index contributed by atoms with van der Waals surface area (Å²) in [6, 6.07) is 8.44. The topological polar surface area (TPSA) is 77.0 Å². The summed E-state index contributed by atoms with van der Waals surface area (Å²) in [6.45, 7) is 7.51. The highest BCUT2D eigenvalue weighted by molar-refractivity contribution is 5.98. The number of carbonyl (C=O) groups excluding carboxylic acids is 2. The Morgan fingerprint density at radius 3 is 2.69 bits per heavy atom. The third-order valence-corrected chi connectivity index (χ3v) is 5.69. The molecule has 3 rings (SSSR count). The molecule has 2 amide bonds. The van der Waals surface area contributed by atoms with Crippen LogP contribution in [0.1, 0.15) is 44.6 Å². The van der Waals surface area contributed by atoms with Gasteiger partial charge in [-0.2, -0.15) is 0 Å². The van der Waals surface area contributed by atoms with Gasteiger partial charge in [-0.15, -0.1) is 0 Å². The number of guanidine groups is 1. The minimum absolute atomic E-state index is 0.0111. The van der Waals surface area contributed by atoms with Crippen molar-refractivity contribution in [1.82, 2.24) is 15.5 Å². The van der Waals surface area contributed by atoms with Crippen molar-refractivity contribution in [2.45, 2.75) is 39.0 Å². The molecule has 1 aromatic rings. The molecule has 1 atom stereocenters. The number of para-hydroxylation sites is 1. The van der Waals surface area contributed by atoms with Gasteiger partial charge in [0, 0.05) is 63.7 Å². The molecular formula is C22H33N5O2. The van der Waals surface area contributed by atoms with Crippen LogP contribution in [-0.4, -0.2) is 62.4 Å².